The van der Waals surface area contributed by atoms with Gasteiger partial charge in [-0.2, -0.15) is 0 Å². The van der Waals surface area contributed by atoms with E-state index < -0.39 is 34.3 Å². The van der Waals surface area contributed by atoms with Crippen LogP contribution in [0.1, 0.15) is 38.7 Å². The first-order valence-electron chi connectivity index (χ1n) is 14.2. The van der Waals surface area contributed by atoms with Crippen LogP contribution in [0, 0.1) is 5.82 Å². The summed E-state index contributed by atoms with van der Waals surface area (Å²) in [6.07, 6.45) is 1.89. The fourth-order valence-corrected chi connectivity index (χ4v) is 6.46. The minimum Gasteiger partial charge on any atom is -0.486 e. The fraction of sp³-hybridized carbons (Fsp3) is 0.355. The molecule has 3 aromatic carbocycles. The van der Waals surface area contributed by atoms with Gasteiger partial charge in [0.2, 0.25) is 11.8 Å². The number of benzene rings is 3. The molecule has 1 heterocycles. The molecule has 0 saturated carbocycles. The Morgan fingerprint density at radius 3 is 2.32 bits per heavy atom. The zero-order valence-electron chi connectivity index (χ0n) is 24.4. The van der Waals surface area contributed by atoms with E-state index in [-0.39, 0.29) is 46.8 Å². The van der Waals surface area contributed by atoms with Gasteiger partial charge in [0.1, 0.15) is 31.6 Å². The Morgan fingerprint density at radius 1 is 0.955 bits per heavy atom. The number of amides is 2. The average molecular weight is 667 g/mol. The van der Waals surface area contributed by atoms with E-state index in [1.165, 1.54) is 35.2 Å². The molecule has 236 valence electrons. The molecule has 0 spiro atoms. The van der Waals surface area contributed by atoms with Gasteiger partial charge in [-0.3, -0.25) is 13.9 Å². The van der Waals surface area contributed by atoms with Crippen LogP contribution < -0.4 is 19.1 Å². The van der Waals surface area contributed by atoms with Crippen molar-refractivity contribution in [3.8, 4) is 11.5 Å². The molecule has 3 aromatic rings. The highest BCUT2D eigenvalue weighted by atomic mass is 35.5. The van der Waals surface area contributed by atoms with Crippen molar-refractivity contribution in [2.45, 2.75) is 50.6 Å². The Morgan fingerprint density at radius 2 is 1.66 bits per heavy atom. The molecule has 0 aliphatic carbocycles. The van der Waals surface area contributed by atoms with E-state index in [1.54, 1.807) is 25.1 Å². The van der Waals surface area contributed by atoms with Crippen LogP contribution in [0.5, 0.6) is 11.5 Å². The molecule has 13 heteroatoms. The number of carbonyl (C=O) groups is 2. The number of anilines is 1. The van der Waals surface area contributed by atoms with Gasteiger partial charge in [0.25, 0.3) is 10.0 Å². The second-order valence-corrected chi connectivity index (χ2v) is 12.8. The summed E-state index contributed by atoms with van der Waals surface area (Å²) < 4.78 is 54.1. The van der Waals surface area contributed by atoms with Crippen molar-refractivity contribution < 1.29 is 31.9 Å². The van der Waals surface area contributed by atoms with Crippen molar-refractivity contribution in [2.75, 3.05) is 30.6 Å². The molecule has 1 aliphatic rings. The van der Waals surface area contributed by atoms with E-state index in [4.69, 9.17) is 32.7 Å². The first kappa shape index (κ1) is 33.4. The summed E-state index contributed by atoms with van der Waals surface area (Å²) in [5.74, 6) is -0.949. The Hall–Kier alpha value is -3.54. The van der Waals surface area contributed by atoms with Crippen LogP contribution in [0.2, 0.25) is 10.0 Å². The molecule has 1 aliphatic heterocycles. The molecule has 1 unspecified atom stereocenters. The van der Waals surface area contributed by atoms with Crippen LogP contribution in [-0.2, 0) is 26.2 Å². The number of halogens is 3. The lowest BCUT2D eigenvalue weighted by Crippen LogP contribution is -2.52. The maximum absolute atomic E-state index is 14.2. The number of rotatable bonds is 13. The topological polar surface area (TPSA) is 105 Å². The van der Waals surface area contributed by atoms with Crippen molar-refractivity contribution >= 4 is 50.7 Å². The highest BCUT2D eigenvalue weighted by Gasteiger charge is 2.34. The van der Waals surface area contributed by atoms with E-state index in [0.717, 1.165) is 29.3 Å². The van der Waals surface area contributed by atoms with Crippen LogP contribution in [0.4, 0.5) is 10.1 Å². The molecular formula is C31H34Cl2FN3O6S. The van der Waals surface area contributed by atoms with Gasteiger partial charge in [0.05, 0.1) is 20.6 Å². The number of hydrogen-bond donors (Lipinski definition) is 1. The minimum atomic E-state index is -4.40. The van der Waals surface area contributed by atoms with E-state index >= 15 is 0 Å². The quantitative estimate of drug-likeness (QED) is 0.231. The smallest absolute Gasteiger partial charge is 0.264 e. The summed E-state index contributed by atoms with van der Waals surface area (Å²) in [5, 5.41) is 3.47. The van der Waals surface area contributed by atoms with Crippen LogP contribution in [0.15, 0.2) is 65.6 Å². The van der Waals surface area contributed by atoms with Gasteiger partial charge in [0, 0.05) is 19.2 Å². The van der Waals surface area contributed by atoms with Crippen molar-refractivity contribution in [1.29, 1.82) is 0 Å². The number of fused-ring (bicyclic) bond motifs is 1. The maximum Gasteiger partial charge on any atom is 0.264 e. The molecule has 1 atom stereocenters. The first-order valence-corrected chi connectivity index (χ1v) is 16.4. The largest absolute Gasteiger partial charge is 0.486 e. The Labute approximate surface area is 266 Å². The SMILES string of the molecule is CCCCNC(=O)C(CC)N(Cc1ccc(Cl)c(Cl)c1)C(=O)CN(c1ccc(F)cc1)S(=O)(=O)c1ccc2c(c1)OCCO2. The van der Waals surface area contributed by atoms with Crippen LogP contribution in [-0.4, -0.2) is 57.5 Å². The minimum absolute atomic E-state index is 0.0449. The second kappa shape index (κ2) is 15.0. The first-order chi connectivity index (χ1) is 21.0. The molecule has 0 saturated heterocycles. The van der Waals surface area contributed by atoms with E-state index in [0.29, 0.717) is 29.5 Å². The van der Waals surface area contributed by atoms with Crippen molar-refractivity contribution in [3.63, 3.8) is 0 Å². The summed E-state index contributed by atoms with van der Waals surface area (Å²) in [5.41, 5.74) is 0.653. The monoisotopic (exact) mass is 665 g/mol. The molecular weight excluding hydrogens is 632 g/mol. The molecule has 1 N–H and O–H groups in total. The third-order valence-electron chi connectivity index (χ3n) is 7.05. The van der Waals surface area contributed by atoms with Gasteiger partial charge in [-0.05, 0) is 66.9 Å². The second-order valence-electron chi connectivity index (χ2n) is 10.1. The Kier molecular flexibility index (Phi) is 11.3. The lowest BCUT2D eigenvalue weighted by molar-refractivity contribution is -0.140. The molecule has 0 aromatic heterocycles. The highest BCUT2D eigenvalue weighted by Crippen LogP contribution is 2.34. The number of carbonyl (C=O) groups excluding carboxylic acids is 2. The van der Waals surface area contributed by atoms with Crippen molar-refractivity contribution in [3.05, 3.63) is 82.1 Å². The maximum atomic E-state index is 14.2. The van der Waals surface area contributed by atoms with E-state index in [1.807, 2.05) is 6.92 Å². The predicted octanol–water partition coefficient (Wildman–Crippen LogP) is 5.82. The lowest BCUT2D eigenvalue weighted by atomic mass is 10.1. The standard InChI is InChI=1S/C31H34Cl2FN3O6S/c1-3-5-14-35-31(39)27(4-2)36(19-21-6-12-25(32)26(33)17-21)30(38)20-37(23-9-7-22(34)8-10-23)44(40,41)24-11-13-28-29(18-24)43-16-15-42-28/h6-13,17-18,27H,3-5,14-16,19-20H2,1-2H3,(H,35,39). The number of sulfonamides is 1. The van der Waals surface area contributed by atoms with Gasteiger partial charge >= 0.3 is 0 Å². The van der Waals surface area contributed by atoms with Crippen molar-refractivity contribution in [1.82, 2.24) is 10.2 Å². The zero-order chi connectivity index (χ0) is 31.9. The number of nitrogens with one attached hydrogen (secondary N) is 1. The zero-order valence-corrected chi connectivity index (χ0v) is 26.7. The van der Waals surface area contributed by atoms with Gasteiger partial charge in [-0.15, -0.1) is 0 Å². The highest BCUT2D eigenvalue weighted by molar-refractivity contribution is 7.92. The molecule has 2 amide bonds. The Balaban J connectivity index is 1.73. The molecule has 44 heavy (non-hydrogen) atoms. The summed E-state index contributed by atoms with van der Waals surface area (Å²) in [7, 11) is -4.40. The number of ether oxygens (including phenoxy) is 2. The van der Waals surface area contributed by atoms with Crippen LogP contribution in [0.3, 0.4) is 0 Å². The number of nitrogens with zero attached hydrogens (tertiary/aromatic N) is 2. The summed E-state index contributed by atoms with van der Waals surface area (Å²) in [6, 6.07) is 12.9. The fourth-order valence-electron chi connectivity index (χ4n) is 4.71. The molecule has 0 fully saturated rings. The molecule has 0 radical (unpaired) electrons. The van der Waals surface area contributed by atoms with E-state index in [9.17, 15) is 22.4 Å². The third kappa shape index (κ3) is 7.94. The van der Waals surface area contributed by atoms with Crippen LogP contribution in [0.25, 0.3) is 0 Å². The normalized spacial score (nSPS) is 13.2. The summed E-state index contributed by atoms with van der Waals surface area (Å²) >= 11 is 12.3. The summed E-state index contributed by atoms with van der Waals surface area (Å²) in [4.78, 5) is 28.6. The van der Waals surface area contributed by atoms with Gasteiger partial charge < -0.3 is 19.7 Å². The molecule has 4 rings (SSSR count). The van der Waals surface area contributed by atoms with Crippen molar-refractivity contribution in [2.24, 2.45) is 0 Å². The van der Waals surface area contributed by atoms with Gasteiger partial charge in [-0.25, -0.2) is 12.8 Å². The van der Waals surface area contributed by atoms with Crippen LogP contribution >= 0.6 is 23.2 Å². The summed E-state index contributed by atoms with van der Waals surface area (Å²) in [6.45, 7) is 4.05. The number of unbranched alkanes of at least 4 members (excludes halogenated alkanes) is 1. The number of hydrogen-bond acceptors (Lipinski definition) is 6. The average Bonchev–Trinajstić information content (AvgIpc) is 3.01. The molecule has 9 nitrogen and oxygen atoms in total. The predicted molar refractivity (Wildman–Crippen MR) is 167 cm³/mol. The van der Waals surface area contributed by atoms with E-state index in [2.05, 4.69) is 5.32 Å². The Bertz CT molecular complexity index is 1590. The lowest BCUT2D eigenvalue weighted by Gasteiger charge is -2.33. The van der Waals surface area contributed by atoms with Gasteiger partial charge in [-0.1, -0.05) is 49.5 Å². The van der Waals surface area contributed by atoms with Gasteiger partial charge in [0.15, 0.2) is 11.5 Å². The third-order valence-corrected chi connectivity index (χ3v) is 9.56. The molecule has 0 bridgehead atoms.